The zero-order valence-electron chi connectivity index (χ0n) is 11.2. The fourth-order valence-corrected chi connectivity index (χ4v) is 2.95. The molecule has 1 aliphatic heterocycles. The van der Waals surface area contributed by atoms with E-state index in [1.54, 1.807) is 6.07 Å². The quantitative estimate of drug-likeness (QED) is 0.833. The van der Waals surface area contributed by atoms with Crippen LogP contribution in [0, 0.1) is 6.92 Å². The van der Waals surface area contributed by atoms with Gasteiger partial charge in [-0.15, -0.1) is 0 Å². The number of benzene rings is 1. The Kier molecular flexibility index (Phi) is 3.07. The number of fused-ring (bicyclic) bond motifs is 1. The highest BCUT2D eigenvalue weighted by Crippen LogP contribution is 2.45. The van der Waals surface area contributed by atoms with Gasteiger partial charge in [0, 0.05) is 5.56 Å². The minimum Gasteiger partial charge on any atom is -0.508 e. The average Bonchev–Trinajstić information content (AvgIpc) is 2.24. The van der Waals surface area contributed by atoms with Crippen molar-refractivity contribution in [3.8, 4) is 11.5 Å². The van der Waals surface area contributed by atoms with Gasteiger partial charge in [-0.2, -0.15) is 0 Å². The van der Waals surface area contributed by atoms with Crippen LogP contribution in [-0.2, 0) is 0 Å². The van der Waals surface area contributed by atoms with Gasteiger partial charge in [-0.05, 0) is 44.2 Å². The number of aromatic hydroxyl groups is 1. The molecule has 94 valence electrons. The molecule has 1 aromatic rings. The van der Waals surface area contributed by atoms with Crippen LogP contribution in [0.4, 0.5) is 0 Å². The molecule has 0 saturated carbocycles. The molecule has 2 rings (SSSR count). The molecule has 2 heteroatoms. The lowest BCUT2D eigenvalue weighted by atomic mass is 9.81. The topological polar surface area (TPSA) is 29.5 Å². The van der Waals surface area contributed by atoms with Gasteiger partial charge in [-0.25, -0.2) is 0 Å². The molecule has 1 aromatic carbocycles. The predicted molar refractivity (Wildman–Crippen MR) is 69.8 cm³/mol. The third-order valence-corrected chi connectivity index (χ3v) is 3.80. The number of hydrogen-bond donors (Lipinski definition) is 1. The van der Waals surface area contributed by atoms with Crippen LogP contribution in [-0.4, -0.2) is 10.7 Å². The van der Waals surface area contributed by atoms with Crippen LogP contribution in [0.15, 0.2) is 12.1 Å². The van der Waals surface area contributed by atoms with Crippen molar-refractivity contribution in [2.24, 2.45) is 0 Å². The summed E-state index contributed by atoms with van der Waals surface area (Å²) in [6.45, 7) is 8.54. The monoisotopic (exact) mass is 234 g/mol. The van der Waals surface area contributed by atoms with Crippen molar-refractivity contribution in [2.75, 3.05) is 0 Å². The maximum atomic E-state index is 9.78. The smallest absolute Gasteiger partial charge is 0.130 e. The lowest BCUT2D eigenvalue weighted by Gasteiger charge is -2.39. The van der Waals surface area contributed by atoms with Gasteiger partial charge in [0.05, 0.1) is 0 Å². The molecule has 1 heterocycles. The Labute approximate surface area is 104 Å². The largest absolute Gasteiger partial charge is 0.508 e. The molecular formula is C15H22O2. The van der Waals surface area contributed by atoms with Crippen molar-refractivity contribution in [1.82, 2.24) is 0 Å². The SMILES string of the molecule is CCCC1(C)CC(C)c2ccc(O)c(C)c2O1. The van der Waals surface area contributed by atoms with Crippen molar-refractivity contribution in [3.63, 3.8) is 0 Å². The molecule has 0 aromatic heterocycles. The zero-order valence-corrected chi connectivity index (χ0v) is 11.2. The number of hydrogen-bond acceptors (Lipinski definition) is 2. The number of rotatable bonds is 2. The molecular weight excluding hydrogens is 212 g/mol. The van der Waals surface area contributed by atoms with Crippen molar-refractivity contribution < 1.29 is 9.84 Å². The molecule has 1 N–H and O–H groups in total. The van der Waals surface area contributed by atoms with Crippen LogP contribution in [0.3, 0.4) is 0 Å². The number of ether oxygens (including phenoxy) is 1. The van der Waals surface area contributed by atoms with Crippen LogP contribution < -0.4 is 4.74 Å². The second kappa shape index (κ2) is 4.25. The molecule has 2 atom stereocenters. The summed E-state index contributed by atoms with van der Waals surface area (Å²) in [6.07, 6.45) is 3.24. The van der Waals surface area contributed by atoms with Gasteiger partial charge in [0.1, 0.15) is 17.1 Å². The van der Waals surface area contributed by atoms with Crippen molar-refractivity contribution in [2.45, 2.75) is 58.5 Å². The summed E-state index contributed by atoms with van der Waals surface area (Å²) in [5.41, 5.74) is 2.02. The summed E-state index contributed by atoms with van der Waals surface area (Å²) in [5, 5.41) is 9.78. The average molecular weight is 234 g/mol. The summed E-state index contributed by atoms with van der Waals surface area (Å²) in [6, 6.07) is 3.77. The van der Waals surface area contributed by atoms with E-state index in [1.807, 2.05) is 13.0 Å². The molecule has 0 radical (unpaired) electrons. The molecule has 17 heavy (non-hydrogen) atoms. The van der Waals surface area contributed by atoms with Gasteiger partial charge in [0.25, 0.3) is 0 Å². The fourth-order valence-electron chi connectivity index (χ4n) is 2.95. The standard InChI is InChI=1S/C15H22O2/c1-5-8-15(4)9-10(2)12-6-7-13(16)11(3)14(12)17-15/h6-7,10,16H,5,8-9H2,1-4H3. The van der Waals surface area contributed by atoms with Crippen LogP contribution in [0.5, 0.6) is 11.5 Å². The van der Waals surface area contributed by atoms with Gasteiger partial charge in [0.2, 0.25) is 0 Å². The maximum absolute atomic E-state index is 9.78. The number of phenols is 1. The second-order valence-electron chi connectivity index (χ2n) is 5.54. The maximum Gasteiger partial charge on any atom is 0.130 e. The highest BCUT2D eigenvalue weighted by molar-refractivity contribution is 5.51. The summed E-state index contributed by atoms with van der Waals surface area (Å²) >= 11 is 0. The Bertz CT molecular complexity index is 425. The zero-order chi connectivity index (χ0) is 12.6. The van der Waals surface area contributed by atoms with Gasteiger partial charge in [0.15, 0.2) is 0 Å². The molecule has 0 aliphatic carbocycles. The van der Waals surface area contributed by atoms with Crippen molar-refractivity contribution in [3.05, 3.63) is 23.3 Å². The molecule has 1 aliphatic rings. The molecule has 0 saturated heterocycles. The molecule has 0 spiro atoms. The second-order valence-corrected chi connectivity index (χ2v) is 5.54. The Morgan fingerprint density at radius 1 is 1.47 bits per heavy atom. The van der Waals surface area contributed by atoms with Gasteiger partial charge in [-0.3, -0.25) is 0 Å². The van der Waals surface area contributed by atoms with Crippen molar-refractivity contribution in [1.29, 1.82) is 0 Å². The first-order chi connectivity index (χ1) is 7.97. The lowest BCUT2D eigenvalue weighted by molar-refractivity contribution is 0.0453. The Morgan fingerprint density at radius 3 is 2.82 bits per heavy atom. The Hall–Kier alpha value is -1.18. The highest BCUT2D eigenvalue weighted by Gasteiger charge is 2.35. The van der Waals surface area contributed by atoms with E-state index in [2.05, 4.69) is 20.8 Å². The van der Waals surface area contributed by atoms with E-state index >= 15 is 0 Å². The van der Waals surface area contributed by atoms with E-state index in [-0.39, 0.29) is 5.60 Å². The van der Waals surface area contributed by atoms with E-state index in [0.717, 1.165) is 30.6 Å². The molecule has 0 amide bonds. The van der Waals surface area contributed by atoms with Crippen LogP contribution in [0.25, 0.3) is 0 Å². The number of phenolic OH excluding ortho intramolecular Hbond substituents is 1. The molecule has 2 unspecified atom stereocenters. The third kappa shape index (κ3) is 2.13. The molecule has 2 nitrogen and oxygen atoms in total. The first-order valence-corrected chi connectivity index (χ1v) is 6.48. The van der Waals surface area contributed by atoms with E-state index < -0.39 is 0 Å². The van der Waals surface area contributed by atoms with Crippen LogP contribution in [0.1, 0.15) is 57.1 Å². The Balaban J connectivity index is 2.44. The predicted octanol–water partition coefficient (Wildman–Crippen LogP) is 4.15. The third-order valence-electron chi connectivity index (χ3n) is 3.80. The Morgan fingerprint density at radius 2 is 2.18 bits per heavy atom. The minimum absolute atomic E-state index is 0.0836. The lowest BCUT2D eigenvalue weighted by Crippen LogP contribution is -2.37. The van der Waals surface area contributed by atoms with Crippen LogP contribution in [0.2, 0.25) is 0 Å². The van der Waals surface area contributed by atoms with E-state index in [1.165, 1.54) is 5.56 Å². The first-order valence-electron chi connectivity index (χ1n) is 6.48. The van der Waals surface area contributed by atoms with Gasteiger partial charge < -0.3 is 9.84 Å². The van der Waals surface area contributed by atoms with Crippen molar-refractivity contribution >= 4 is 0 Å². The summed E-state index contributed by atoms with van der Waals surface area (Å²) < 4.78 is 6.18. The van der Waals surface area contributed by atoms with E-state index in [4.69, 9.17) is 4.74 Å². The fraction of sp³-hybridized carbons (Fsp3) is 0.600. The van der Waals surface area contributed by atoms with E-state index in [9.17, 15) is 5.11 Å². The van der Waals surface area contributed by atoms with E-state index in [0.29, 0.717) is 11.7 Å². The normalized spacial score (nSPS) is 27.4. The summed E-state index contributed by atoms with van der Waals surface area (Å²) in [7, 11) is 0. The molecule has 0 fully saturated rings. The summed E-state index contributed by atoms with van der Waals surface area (Å²) in [5.74, 6) is 1.73. The highest BCUT2D eigenvalue weighted by atomic mass is 16.5. The first kappa shape index (κ1) is 12.3. The van der Waals surface area contributed by atoms with Gasteiger partial charge >= 0.3 is 0 Å². The summed E-state index contributed by atoms with van der Waals surface area (Å²) in [4.78, 5) is 0. The van der Waals surface area contributed by atoms with Gasteiger partial charge in [-0.1, -0.05) is 26.3 Å². The molecule has 0 bridgehead atoms. The minimum atomic E-state index is -0.0836. The van der Waals surface area contributed by atoms with Crippen LogP contribution >= 0.6 is 0 Å².